The average Bonchev–Trinajstić information content (AvgIpc) is 3.85. The standard InChI is InChI=1S/C35H37N7O/c1-2-24-13-16-27(17-14-24)42-34(18-15-25-21-36-30-10-5-3-8-28(25)30)39-40-35(42)32(41-19-7-12-33(41)38-23-43)20-26-22-37-31-11-6-4-9-29(26)31/h3-6,8-11,13-14,16-17,21-23,32-33,36-37H,2,7,12,15,18-20H2,1H3,(H,38,43)/t32-,33+/m1/s1. The average molecular weight is 572 g/mol. The van der Waals surface area contributed by atoms with Gasteiger partial charge in [0.2, 0.25) is 6.41 Å². The molecule has 8 nitrogen and oxygen atoms in total. The summed E-state index contributed by atoms with van der Waals surface area (Å²) < 4.78 is 2.27. The van der Waals surface area contributed by atoms with E-state index < -0.39 is 0 Å². The number of aromatic amines is 2. The number of hydrogen-bond acceptors (Lipinski definition) is 4. The van der Waals surface area contributed by atoms with Crippen LogP contribution in [0, 0.1) is 0 Å². The van der Waals surface area contributed by atoms with Crippen molar-refractivity contribution in [2.24, 2.45) is 0 Å². The number of carbonyl (C=O) groups is 1. The zero-order valence-electron chi connectivity index (χ0n) is 24.5. The van der Waals surface area contributed by atoms with Crippen LogP contribution in [0.5, 0.6) is 0 Å². The molecule has 1 saturated heterocycles. The Hall–Kier alpha value is -4.69. The predicted molar refractivity (Wildman–Crippen MR) is 170 cm³/mol. The molecule has 1 aliphatic rings. The molecule has 7 rings (SSSR count). The van der Waals surface area contributed by atoms with Crippen molar-refractivity contribution in [3.8, 4) is 5.69 Å². The highest BCUT2D eigenvalue weighted by Gasteiger charge is 2.35. The van der Waals surface area contributed by atoms with E-state index in [9.17, 15) is 4.79 Å². The number of amides is 1. The summed E-state index contributed by atoms with van der Waals surface area (Å²) in [5.41, 5.74) is 7.14. The molecule has 2 atom stereocenters. The lowest BCUT2D eigenvalue weighted by Gasteiger charge is -2.32. The second kappa shape index (κ2) is 11.9. The maximum Gasteiger partial charge on any atom is 0.208 e. The Kier molecular flexibility index (Phi) is 7.51. The summed E-state index contributed by atoms with van der Waals surface area (Å²) in [5.74, 6) is 1.84. The Balaban J connectivity index is 1.32. The number of rotatable bonds is 11. The number of aromatic nitrogens is 5. The Bertz CT molecular complexity index is 1850. The van der Waals surface area contributed by atoms with Crippen molar-refractivity contribution in [2.75, 3.05) is 6.54 Å². The molecule has 6 aromatic rings. The number of hydrogen-bond donors (Lipinski definition) is 3. The van der Waals surface area contributed by atoms with Gasteiger partial charge >= 0.3 is 0 Å². The highest BCUT2D eigenvalue weighted by atomic mass is 16.1. The highest BCUT2D eigenvalue weighted by molar-refractivity contribution is 5.83. The molecular weight excluding hydrogens is 534 g/mol. The van der Waals surface area contributed by atoms with Crippen molar-refractivity contribution in [1.29, 1.82) is 0 Å². The summed E-state index contributed by atoms with van der Waals surface area (Å²) in [7, 11) is 0. The van der Waals surface area contributed by atoms with Gasteiger partial charge in [0.15, 0.2) is 5.82 Å². The molecule has 4 heterocycles. The van der Waals surface area contributed by atoms with E-state index in [1.54, 1.807) is 0 Å². The Morgan fingerprint density at radius 3 is 2.33 bits per heavy atom. The fraction of sp³-hybridized carbons (Fsp3) is 0.286. The second-order valence-electron chi connectivity index (χ2n) is 11.4. The zero-order valence-corrected chi connectivity index (χ0v) is 24.5. The van der Waals surface area contributed by atoms with Crippen molar-refractivity contribution in [2.45, 2.75) is 57.7 Å². The van der Waals surface area contributed by atoms with Gasteiger partial charge in [-0.2, -0.15) is 0 Å². The minimum atomic E-state index is -0.0839. The molecule has 1 amide bonds. The first-order chi connectivity index (χ1) is 21.2. The molecule has 3 N–H and O–H groups in total. The minimum Gasteiger partial charge on any atom is -0.361 e. The maximum absolute atomic E-state index is 11.6. The molecular formula is C35H37N7O. The van der Waals surface area contributed by atoms with Gasteiger partial charge in [-0.1, -0.05) is 55.5 Å². The number of nitrogens with one attached hydrogen (secondary N) is 3. The first-order valence-electron chi connectivity index (χ1n) is 15.3. The largest absolute Gasteiger partial charge is 0.361 e. The van der Waals surface area contributed by atoms with Gasteiger partial charge in [-0.3, -0.25) is 14.3 Å². The third-order valence-electron chi connectivity index (χ3n) is 8.99. The summed E-state index contributed by atoms with van der Waals surface area (Å²) in [5, 5.41) is 15.3. The van der Waals surface area contributed by atoms with Crippen LogP contribution in [0.3, 0.4) is 0 Å². The molecule has 3 aromatic carbocycles. The number of fused-ring (bicyclic) bond motifs is 2. The Morgan fingerprint density at radius 1 is 0.907 bits per heavy atom. The first-order valence-corrected chi connectivity index (χ1v) is 15.3. The van der Waals surface area contributed by atoms with Crippen LogP contribution in [-0.2, 0) is 30.5 Å². The molecule has 0 bridgehead atoms. The summed E-state index contributed by atoms with van der Waals surface area (Å²) in [6, 6.07) is 25.6. The van der Waals surface area contributed by atoms with Crippen LogP contribution >= 0.6 is 0 Å². The van der Waals surface area contributed by atoms with Crippen molar-refractivity contribution >= 4 is 28.2 Å². The van der Waals surface area contributed by atoms with E-state index >= 15 is 0 Å². The molecule has 1 aliphatic heterocycles. The van der Waals surface area contributed by atoms with Crippen molar-refractivity contribution < 1.29 is 4.79 Å². The fourth-order valence-electron chi connectivity index (χ4n) is 6.74. The van der Waals surface area contributed by atoms with E-state index in [0.717, 1.165) is 79.8 Å². The normalized spacial score (nSPS) is 16.3. The van der Waals surface area contributed by atoms with E-state index in [0.29, 0.717) is 0 Å². The van der Waals surface area contributed by atoms with Crippen LogP contribution < -0.4 is 5.32 Å². The number of carbonyl (C=O) groups excluding carboxylic acids is 1. The lowest BCUT2D eigenvalue weighted by molar-refractivity contribution is -0.111. The van der Waals surface area contributed by atoms with Gasteiger partial charge in [0.25, 0.3) is 0 Å². The van der Waals surface area contributed by atoms with Gasteiger partial charge < -0.3 is 15.3 Å². The molecule has 0 unspecified atom stereocenters. The third-order valence-corrected chi connectivity index (χ3v) is 8.99. The van der Waals surface area contributed by atoms with E-state index in [1.165, 1.54) is 27.5 Å². The second-order valence-corrected chi connectivity index (χ2v) is 11.4. The highest BCUT2D eigenvalue weighted by Crippen LogP contribution is 2.34. The van der Waals surface area contributed by atoms with Gasteiger partial charge in [-0.05, 0) is 73.1 Å². The zero-order chi connectivity index (χ0) is 29.2. The maximum atomic E-state index is 11.6. The summed E-state index contributed by atoms with van der Waals surface area (Å²) in [6.45, 7) is 3.06. The van der Waals surface area contributed by atoms with E-state index in [1.807, 2.05) is 0 Å². The predicted octanol–water partition coefficient (Wildman–Crippen LogP) is 6.03. The van der Waals surface area contributed by atoms with Crippen LogP contribution in [0.25, 0.3) is 27.5 Å². The molecule has 0 radical (unpaired) electrons. The number of para-hydroxylation sites is 2. The van der Waals surface area contributed by atoms with Crippen molar-refractivity contribution in [3.05, 3.63) is 114 Å². The van der Waals surface area contributed by atoms with E-state index in [2.05, 4.69) is 117 Å². The SMILES string of the molecule is CCc1ccc(-n2c(CCc3c[nH]c4ccccc34)nnc2[C@@H](Cc2c[nH]c3ccccc23)N2CCC[C@H]2NC=O)cc1. The molecule has 218 valence electrons. The van der Waals surface area contributed by atoms with Crippen LogP contribution in [0.15, 0.2) is 85.2 Å². The Labute approximate surface area is 251 Å². The quantitative estimate of drug-likeness (QED) is 0.166. The Morgan fingerprint density at radius 2 is 1.60 bits per heavy atom. The van der Waals surface area contributed by atoms with Crippen LogP contribution in [0.4, 0.5) is 0 Å². The lowest BCUT2D eigenvalue weighted by Crippen LogP contribution is -2.44. The number of nitrogens with zero attached hydrogens (tertiary/aromatic N) is 4. The number of benzene rings is 3. The fourth-order valence-corrected chi connectivity index (χ4v) is 6.74. The summed E-state index contributed by atoms with van der Waals surface area (Å²) in [4.78, 5) is 20.9. The van der Waals surface area contributed by atoms with Gasteiger partial charge in [0.05, 0.1) is 12.2 Å². The number of likely N-dealkylation sites (tertiary alicyclic amines) is 1. The van der Waals surface area contributed by atoms with Gasteiger partial charge in [-0.25, -0.2) is 0 Å². The number of aryl methyl sites for hydroxylation is 3. The topological polar surface area (TPSA) is 94.6 Å². The molecule has 1 fully saturated rings. The van der Waals surface area contributed by atoms with Crippen LogP contribution in [0.1, 0.15) is 54.1 Å². The monoisotopic (exact) mass is 571 g/mol. The van der Waals surface area contributed by atoms with E-state index in [-0.39, 0.29) is 12.2 Å². The van der Waals surface area contributed by atoms with Crippen LogP contribution in [-0.4, -0.2) is 48.8 Å². The molecule has 0 aliphatic carbocycles. The first kappa shape index (κ1) is 27.2. The molecule has 3 aromatic heterocycles. The van der Waals surface area contributed by atoms with E-state index in [4.69, 9.17) is 10.2 Å². The smallest absolute Gasteiger partial charge is 0.208 e. The summed E-state index contributed by atoms with van der Waals surface area (Å²) >= 11 is 0. The van der Waals surface area contributed by atoms with Crippen molar-refractivity contribution in [3.63, 3.8) is 0 Å². The van der Waals surface area contributed by atoms with Crippen molar-refractivity contribution in [1.82, 2.24) is 34.9 Å². The number of H-pyrrole nitrogens is 2. The van der Waals surface area contributed by atoms with Gasteiger partial charge in [-0.15, -0.1) is 10.2 Å². The minimum absolute atomic E-state index is 0.0463. The lowest BCUT2D eigenvalue weighted by atomic mass is 10.0. The van der Waals surface area contributed by atoms with Gasteiger partial charge in [0.1, 0.15) is 5.82 Å². The third kappa shape index (κ3) is 5.23. The van der Waals surface area contributed by atoms with Gasteiger partial charge in [0, 0.05) is 52.9 Å². The van der Waals surface area contributed by atoms with Crippen LogP contribution in [0.2, 0.25) is 0 Å². The molecule has 0 spiro atoms. The molecule has 0 saturated carbocycles. The molecule has 8 heteroatoms. The summed E-state index contributed by atoms with van der Waals surface area (Å²) in [6.07, 6.45) is 10.3. The molecule has 43 heavy (non-hydrogen) atoms.